The number of benzene rings is 1. The van der Waals surface area contributed by atoms with Crippen LogP contribution in [0, 0.1) is 6.92 Å². The maximum absolute atomic E-state index is 5.32. The van der Waals surface area contributed by atoms with Crippen LogP contribution in [0.2, 0.25) is 0 Å². The van der Waals surface area contributed by atoms with Gasteiger partial charge in [-0.2, -0.15) is 0 Å². The second-order valence-corrected chi connectivity index (χ2v) is 2.77. The Labute approximate surface area is 73.3 Å². The third kappa shape index (κ3) is 2.64. The predicted molar refractivity (Wildman–Crippen MR) is 49.9 cm³/mol. The molecule has 0 saturated heterocycles. The Balaban J connectivity index is 2.46. The molecule has 0 radical (unpaired) electrons. The van der Waals surface area contributed by atoms with Crippen LogP contribution in [0.3, 0.4) is 0 Å². The fraction of sp³-hybridized carbons (Fsp3) is 0.400. The lowest BCUT2D eigenvalue weighted by atomic mass is 10.1. The summed E-state index contributed by atoms with van der Waals surface area (Å²) in [6.07, 6.45) is 0. The molecule has 0 fully saturated rings. The predicted octanol–water partition coefficient (Wildman–Crippen LogP) is 1.47. The molecule has 2 N–H and O–H groups in total. The summed E-state index contributed by atoms with van der Waals surface area (Å²) in [6, 6.07) is 8.21. The van der Waals surface area contributed by atoms with E-state index in [0.717, 1.165) is 0 Å². The highest BCUT2D eigenvalue weighted by molar-refractivity contribution is 5.24. The van der Waals surface area contributed by atoms with Crippen molar-refractivity contribution in [2.45, 2.75) is 13.5 Å². The second-order valence-electron chi connectivity index (χ2n) is 2.77. The minimum absolute atomic E-state index is 0.589. The van der Waals surface area contributed by atoms with Crippen molar-refractivity contribution in [3.63, 3.8) is 0 Å². The average Bonchev–Trinajstić information content (AvgIpc) is 2.09. The molecule has 66 valence electrons. The van der Waals surface area contributed by atoms with Crippen LogP contribution in [0.25, 0.3) is 0 Å². The van der Waals surface area contributed by atoms with E-state index in [4.69, 9.17) is 10.5 Å². The van der Waals surface area contributed by atoms with Gasteiger partial charge in [-0.15, -0.1) is 0 Å². The molecule has 0 amide bonds. The van der Waals surface area contributed by atoms with Crippen LogP contribution in [0.1, 0.15) is 11.1 Å². The van der Waals surface area contributed by atoms with Crippen molar-refractivity contribution in [2.75, 3.05) is 13.2 Å². The average molecular weight is 165 g/mol. The number of hydrogen-bond acceptors (Lipinski definition) is 2. The zero-order valence-electron chi connectivity index (χ0n) is 7.42. The highest BCUT2D eigenvalue weighted by Gasteiger charge is 1.95. The molecule has 0 heterocycles. The summed E-state index contributed by atoms with van der Waals surface area (Å²) in [6.45, 7) is 3.98. The Kier molecular flexibility index (Phi) is 3.77. The van der Waals surface area contributed by atoms with Crippen LogP contribution in [0.4, 0.5) is 0 Å². The van der Waals surface area contributed by atoms with Crippen LogP contribution in [0.15, 0.2) is 24.3 Å². The molecule has 0 spiro atoms. The van der Waals surface area contributed by atoms with Gasteiger partial charge in [0.25, 0.3) is 0 Å². The van der Waals surface area contributed by atoms with E-state index >= 15 is 0 Å². The third-order valence-electron chi connectivity index (χ3n) is 1.78. The molecule has 1 rings (SSSR count). The van der Waals surface area contributed by atoms with Crippen molar-refractivity contribution in [3.05, 3.63) is 35.4 Å². The summed E-state index contributed by atoms with van der Waals surface area (Å²) in [5.74, 6) is 0. The van der Waals surface area contributed by atoms with Gasteiger partial charge >= 0.3 is 0 Å². The van der Waals surface area contributed by atoms with Crippen LogP contribution in [-0.4, -0.2) is 13.2 Å². The Morgan fingerprint density at radius 3 is 2.75 bits per heavy atom. The molecule has 2 nitrogen and oxygen atoms in total. The molecule has 12 heavy (non-hydrogen) atoms. The Morgan fingerprint density at radius 2 is 2.08 bits per heavy atom. The normalized spacial score (nSPS) is 10.2. The summed E-state index contributed by atoms with van der Waals surface area (Å²) in [5.41, 5.74) is 7.82. The maximum Gasteiger partial charge on any atom is 0.0720 e. The summed E-state index contributed by atoms with van der Waals surface area (Å²) in [5, 5.41) is 0. The van der Waals surface area contributed by atoms with Crippen molar-refractivity contribution >= 4 is 0 Å². The minimum Gasteiger partial charge on any atom is -0.375 e. The van der Waals surface area contributed by atoms with Gasteiger partial charge < -0.3 is 10.5 Å². The van der Waals surface area contributed by atoms with Gasteiger partial charge in [-0.1, -0.05) is 24.3 Å². The molecule has 0 aromatic heterocycles. The molecule has 2 heteroatoms. The monoisotopic (exact) mass is 165 g/mol. The van der Waals surface area contributed by atoms with Crippen molar-refractivity contribution in [2.24, 2.45) is 5.73 Å². The summed E-state index contributed by atoms with van der Waals surface area (Å²) >= 11 is 0. The van der Waals surface area contributed by atoms with Gasteiger partial charge in [0.05, 0.1) is 13.2 Å². The van der Waals surface area contributed by atoms with E-state index in [0.29, 0.717) is 19.8 Å². The van der Waals surface area contributed by atoms with E-state index < -0.39 is 0 Å². The zero-order valence-corrected chi connectivity index (χ0v) is 7.42. The number of nitrogens with two attached hydrogens (primary N) is 1. The summed E-state index contributed by atoms with van der Waals surface area (Å²) in [7, 11) is 0. The van der Waals surface area contributed by atoms with E-state index in [1.165, 1.54) is 11.1 Å². The topological polar surface area (TPSA) is 35.2 Å². The number of ether oxygens (including phenoxy) is 1. The van der Waals surface area contributed by atoms with Crippen LogP contribution in [0.5, 0.6) is 0 Å². The van der Waals surface area contributed by atoms with Crippen molar-refractivity contribution in [1.29, 1.82) is 0 Å². The fourth-order valence-corrected chi connectivity index (χ4v) is 1.04. The maximum atomic E-state index is 5.32. The van der Waals surface area contributed by atoms with E-state index in [1.54, 1.807) is 0 Å². The van der Waals surface area contributed by atoms with Gasteiger partial charge in [0.15, 0.2) is 0 Å². The van der Waals surface area contributed by atoms with E-state index in [1.807, 2.05) is 12.1 Å². The van der Waals surface area contributed by atoms with Crippen molar-refractivity contribution in [3.8, 4) is 0 Å². The van der Waals surface area contributed by atoms with Gasteiger partial charge in [0, 0.05) is 6.54 Å². The smallest absolute Gasteiger partial charge is 0.0720 e. The minimum atomic E-state index is 0.589. The molecule has 0 aliphatic heterocycles. The molecular formula is C10H15NO. The Bertz CT molecular complexity index is 235. The van der Waals surface area contributed by atoms with Crippen LogP contribution >= 0.6 is 0 Å². The van der Waals surface area contributed by atoms with E-state index in [-0.39, 0.29) is 0 Å². The third-order valence-corrected chi connectivity index (χ3v) is 1.78. The Hall–Kier alpha value is -0.860. The second kappa shape index (κ2) is 4.91. The first-order valence-electron chi connectivity index (χ1n) is 4.17. The van der Waals surface area contributed by atoms with E-state index in [9.17, 15) is 0 Å². The van der Waals surface area contributed by atoms with Gasteiger partial charge in [0.1, 0.15) is 0 Å². The van der Waals surface area contributed by atoms with Gasteiger partial charge in [-0.3, -0.25) is 0 Å². The Morgan fingerprint density at radius 1 is 1.33 bits per heavy atom. The van der Waals surface area contributed by atoms with Crippen LogP contribution in [-0.2, 0) is 11.3 Å². The first-order valence-corrected chi connectivity index (χ1v) is 4.17. The van der Waals surface area contributed by atoms with Gasteiger partial charge in [-0.05, 0) is 18.1 Å². The molecule has 1 aromatic carbocycles. The van der Waals surface area contributed by atoms with Gasteiger partial charge in [-0.25, -0.2) is 0 Å². The molecule has 0 aliphatic rings. The highest BCUT2D eigenvalue weighted by Crippen LogP contribution is 2.07. The highest BCUT2D eigenvalue weighted by atomic mass is 16.5. The van der Waals surface area contributed by atoms with Crippen molar-refractivity contribution < 1.29 is 4.74 Å². The van der Waals surface area contributed by atoms with E-state index in [2.05, 4.69) is 19.1 Å². The fourth-order valence-electron chi connectivity index (χ4n) is 1.04. The number of rotatable bonds is 4. The zero-order chi connectivity index (χ0) is 8.81. The molecular weight excluding hydrogens is 150 g/mol. The number of aryl methyl sites for hydroxylation is 1. The molecule has 0 unspecified atom stereocenters. The lowest BCUT2D eigenvalue weighted by molar-refractivity contribution is 0.128. The summed E-state index contributed by atoms with van der Waals surface area (Å²) in [4.78, 5) is 0. The largest absolute Gasteiger partial charge is 0.375 e. The SMILES string of the molecule is Cc1ccccc1COCCN. The molecule has 0 bridgehead atoms. The van der Waals surface area contributed by atoms with Crippen LogP contribution < -0.4 is 5.73 Å². The molecule has 0 saturated carbocycles. The molecule has 0 aliphatic carbocycles. The lowest BCUT2D eigenvalue weighted by Crippen LogP contribution is -2.08. The first-order chi connectivity index (χ1) is 5.84. The standard InChI is InChI=1S/C10H15NO/c1-9-4-2-3-5-10(9)8-12-7-6-11/h2-5H,6-8,11H2,1H3. The first kappa shape index (κ1) is 9.23. The quantitative estimate of drug-likeness (QED) is 0.686. The number of hydrogen-bond donors (Lipinski definition) is 1. The molecule has 0 atom stereocenters. The lowest BCUT2D eigenvalue weighted by Gasteiger charge is -2.05. The molecule has 1 aromatic rings. The van der Waals surface area contributed by atoms with Gasteiger partial charge in [0.2, 0.25) is 0 Å². The van der Waals surface area contributed by atoms with Crippen molar-refractivity contribution in [1.82, 2.24) is 0 Å². The summed E-state index contributed by atoms with van der Waals surface area (Å²) < 4.78 is 5.32.